The maximum absolute atomic E-state index is 12.5. The molecule has 0 aliphatic carbocycles. The maximum atomic E-state index is 12.5. The van der Waals surface area contributed by atoms with E-state index in [-0.39, 0.29) is 5.82 Å². The van der Waals surface area contributed by atoms with Crippen molar-refractivity contribution < 1.29 is 14.3 Å². The van der Waals surface area contributed by atoms with Crippen molar-refractivity contribution >= 4 is 22.7 Å². The summed E-state index contributed by atoms with van der Waals surface area (Å²) in [4.78, 5) is 23.6. The average Bonchev–Trinajstić information content (AvgIpc) is 2.59. The van der Waals surface area contributed by atoms with E-state index in [2.05, 4.69) is 20.2 Å². The molecule has 0 bridgehead atoms. The highest BCUT2D eigenvalue weighted by Gasteiger charge is 2.24. The molecule has 3 rings (SSSR count). The summed E-state index contributed by atoms with van der Waals surface area (Å²) < 4.78 is 10.8. The molecule has 0 spiro atoms. The van der Waals surface area contributed by atoms with Gasteiger partial charge in [0.25, 0.3) is 0 Å². The van der Waals surface area contributed by atoms with Crippen LogP contribution in [0.1, 0.15) is 31.4 Å². The Balaban J connectivity index is 2.09. The fraction of sp³-hybridized carbons (Fsp3) is 0.500. The third kappa shape index (κ3) is 3.99. The van der Waals surface area contributed by atoms with E-state index in [9.17, 15) is 4.79 Å². The van der Waals surface area contributed by atoms with Gasteiger partial charge >= 0.3 is 5.97 Å². The van der Waals surface area contributed by atoms with Crippen molar-refractivity contribution in [3.63, 3.8) is 0 Å². The number of carbonyl (C=O) groups is 1. The summed E-state index contributed by atoms with van der Waals surface area (Å²) in [5.41, 5.74) is 0.107. The molecule has 0 saturated carbocycles. The summed E-state index contributed by atoms with van der Waals surface area (Å²) in [5, 5.41) is 4.19. The van der Waals surface area contributed by atoms with E-state index in [1.165, 1.54) is 0 Å². The third-order valence-electron chi connectivity index (χ3n) is 3.88. The van der Waals surface area contributed by atoms with Gasteiger partial charge in [0.05, 0.1) is 12.6 Å². The Morgan fingerprint density at radius 1 is 1.20 bits per heavy atom. The first-order chi connectivity index (χ1) is 11.9. The van der Waals surface area contributed by atoms with Crippen LogP contribution in [0.25, 0.3) is 10.9 Å². The highest BCUT2D eigenvalue weighted by Crippen LogP contribution is 2.28. The summed E-state index contributed by atoms with van der Waals surface area (Å²) in [5.74, 6) is 1.05. The van der Waals surface area contributed by atoms with Crippen LogP contribution in [0.4, 0.5) is 5.82 Å². The molecule has 1 fully saturated rings. The van der Waals surface area contributed by atoms with Gasteiger partial charge in [-0.2, -0.15) is 0 Å². The van der Waals surface area contributed by atoms with Crippen molar-refractivity contribution in [3.8, 4) is 5.75 Å². The number of nitrogens with one attached hydrogen (secondary N) is 1. The Bertz CT molecular complexity index is 780. The fourth-order valence-electron chi connectivity index (χ4n) is 2.75. The first kappa shape index (κ1) is 17.4. The van der Waals surface area contributed by atoms with Crippen molar-refractivity contribution in [2.45, 2.75) is 26.4 Å². The fourth-order valence-corrected chi connectivity index (χ4v) is 2.75. The topological polar surface area (TPSA) is 76.6 Å². The number of hydrogen-bond acceptors (Lipinski definition) is 7. The molecule has 0 unspecified atom stereocenters. The molecule has 2 aromatic rings. The van der Waals surface area contributed by atoms with Gasteiger partial charge in [0, 0.05) is 31.6 Å². The Hall–Kier alpha value is -2.41. The quantitative estimate of drug-likeness (QED) is 0.854. The van der Waals surface area contributed by atoms with Crippen LogP contribution < -0.4 is 15.0 Å². The molecule has 0 atom stereocenters. The molecule has 1 saturated heterocycles. The normalized spacial score (nSPS) is 15.3. The summed E-state index contributed by atoms with van der Waals surface area (Å²) in [6, 6.07) is 5.58. The highest BCUT2D eigenvalue weighted by atomic mass is 16.6. The minimum absolute atomic E-state index is 0.0844. The molecular formula is C18H24N4O3. The number of benzene rings is 1. The lowest BCUT2D eigenvalue weighted by Crippen LogP contribution is -2.44. The summed E-state index contributed by atoms with van der Waals surface area (Å²) in [7, 11) is 1.63. The second-order valence-electron chi connectivity index (χ2n) is 6.99. The number of nitrogens with zero attached hydrogens (tertiary/aromatic N) is 3. The first-order valence-electron chi connectivity index (χ1n) is 8.42. The van der Waals surface area contributed by atoms with Gasteiger partial charge in [-0.25, -0.2) is 14.8 Å². The van der Waals surface area contributed by atoms with E-state index in [0.29, 0.717) is 5.52 Å². The van der Waals surface area contributed by atoms with Crippen molar-refractivity contribution in [1.29, 1.82) is 0 Å². The molecular weight excluding hydrogens is 320 g/mol. The zero-order valence-corrected chi connectivity index (χ0v) is 15.1. The van der Waals surface area contributed by atoms with E-state index < -0.39 is 11.6 Å². The van der Waals surface area contributed by atoms with Gasteiger partial charge in [-0.3, -0.25) is 0 Å². The highest BCUT2D eigenvalue weighted by molar-refractivity contribution is 5.95. The van der Waals surface area contributed by atoms with Crippen molar-refractivity contribution in [2.24, 2.45) is 0 Å². The molecule has 0 radical (unpaired) electrons. The van der Waals surface area contributed by atoms with E-state index in [1.807, 2.05) is 39.0 Å². The molecule has 1 aromatic carbocycles. The van der Waals surface area contributed by atoms with Gasteiger partial charge in [0.2, 0.25) is 5.82 Å². The van der Waals surface area contributed by atoms with Crippen LogP contribution in [0.5, 0.6) is 5.75 Å². The second-order valence-corrected chi connectivity index (χ2v) is 6.99. The van der Waals surface area contributed by atoms with Gasteiger partial charge in [0.15, 0.2) is 0 Å². The summed E-state index contributed by atoms with van der Waals surface area (Å²) in [6.45, 7) is 8.86. The second kappa shape index (κ2) is 6.84. The van der Waals surface area contributed by atoms with Crippen molar-refractivity contribution in [2.75, 3.05) is 38.2 Å². The number of ether oxygens (including phenoxy) is 2. The van der Waals surface area contributed by atoms with Crippen LogP contribution in [-0.4, -0.2) is 54.8 Å². The van der Waals surface area contributed by atoms with E-state index in [0.717, 1.165) is 43.1 Å². The lowest BCUT2D eigenvalue weighted by molar-refractivity contribution is 0.00561. The molecule has 1 aliphatic rings. The molecule has 2 heterocycles. The number of aromatic nitrogens is 2. The molecule has 25 heavy (non-hydrogen) atoms. The minimum Gasteiger partial charge on any atom is -0.497 e. The molecule has 1 N–H and O–H groups in total. The lowest BCUT2D eigenvalue weighted by atomic mass is 10.2. The standard InChI is InChI=1S/C18H24N4O3/c1-18(2,3)25-17(23)15-20-14-6-5-12(24-4)11-13(14)16(21-15)22-9-7-19-8-10-22/h5-6,11,19H,7-10H2,1-4H3. The zero-order valence-electron chi connectivity index (χ0n) is 15.1. The number of methoxy groups -OCH3 is 1. The van der Waals surface area contributed by atoms with Crippen LogP contribution >= 0.6 is 0 Å². The molecule has 7 nitrogen and oxygen atoms in total. The van der Waals surface area contributed by atoms with Gasteiger partial charge in [-0.15, -0.1) is 0 Å². The zero-order chi connectivity index (χ0) is 18.0. The number of piperazine rings is 1. The number of anilines is 1. The molecule has 0 amide bonds. The monoisotopic (exact) mass is 344 g/mol. The number of esters is 1. The number of hydrogen-bond donors (Lipinski definition) is 1. The van der Waals surface area contributed by atoms with E-state index in [4.69, 9.17) is 9.47 Å². The largest absolute Gasteiger partial charge is 0.497 e. The SMILES string of the molecule is COc1ccc2nc(C(=O)OC(C)(C)C)nc(N3CCNCC3)c2c1. The molecule has 7 heteroatoms. The number of rotatable bonds is 3. The maximum Gasteiger partial charge on any atom is 0.376 e. The average molecular weight is 344 g/mol. The predicted molar refractivity (Wildman–Crippen MR) is 96.3 cm³/mol. The summed E-state index contributed by atoms with van der Waals surface area (Å²) >= 11 is 0. The predicted octanol–water partition coefficient (Wildman–Crippen LogP) is 2.00. The van der Waals surface area contributed by atoms with Crippen LogP contribution in [0, 0.1) is 0 Å². The van der Waals surface area contributed by atoms with Gasteiger partial charge in [-0.1, -0.05) is 0 Å². The molecule has 1 aromatic heterocycles. The molecule has 1 aliphatic heterocycles. The van der Waals surface area contributed by atoms with Gasteiger partial charge in [0.1, 0.15) is 17.2 Å². The first-order valence-corrected chi connectivity index (χ1v) is 8.42. The summed E-state index contributed by atoms with van der Waals surface area (Å²) in [6.07, 6.45) is 0. The number of carbonyl (C=O) groups excluding carboxylic acids is 1. The Morgan fingerprint density at radius 3 is 2.56 bits per heavy atom. The smallest absolute Gasteiger partial charge is 0.376 e. The van der Waals surface area contributed by atoms with Crippen molar-refractivity contribution in [3.05, 3.63) is 24.0 Å². The van der Waals surface area contributed by atoms with Crippen molar-refractivity contribution in [1.82, 2.24) is 15.3 Å². The third-order valence-corrected chi connectivity index (χ3v) is 3.88. The lowest BCUT2D eigenvalue weighted by Gasteiger charge is -2.29. The van der Waals surface area contributed by atoms with E-state index >= 15 is 0 Å². The van der Waals surface area contributed by atoms with Crippen LogP contribution in [0.3, 0.4) is 0 Å². The molecule has 134 valence electrons. The number of fused-ring (bicyclic) bond motifs is 1. The Morgan fingerprint density at radius 2 is 1.92 bits per heavy atom. The Kier molecular flexibility index (Phi) is 4.76. The minimum atomic E-state index is -0.593. The van der Waals surface area contributed by atoms with Crippen LogP contribution in [0.2, 0.25) is 0 Å². The van der Waals surface area contributed by atoms with Crippen LogP contribution in [-0.2, 0) is 4.74 Å². The van der Waals surface area contributed by atoms with Gasteiger partial charge in [-0.05, 0) is 39.0 Å². The van der Waals surface area contributed by atoms with E-state index in [1.54, 1.807) is 7.11 Å². The van der Waals surface area contributed by atoms with Gasteiger partial charge < -0.3 is 19.7 Å². The van der Waals surface area contributed by atoms with Crippen LogP contribution in [0.15, 0.2) is 18.2 Å². The Labute approximate surface area is 147 Å².